The van der Waals surface area contributed by atoms with E-state index < -0.39 is 15.9 Å². The summed E-state index contributed by atoms with van der Waals surface area (Å²) in [6.45, 7) is 4.18. The van der Waals surface area contributed by atoms with Gasteiger partial charge in [-0.05, 0) is 36.8 Å². The van der Waals surface area contributed by atoms with Crippen molar-refractivity contribution in [3.63, 3.8) is 0 Å². The van der Waals surface area contributed by atoms with Gasteiger partial charge < -0.3 is 20.0 Å². The van der Waals surface area contributed by atoms with Crippen LogP contribution in [-0.2, 0) is 10.0 Å². The van der Waals surface area contributed by atoms with E-state index >= 15 is 0 Å². The first kappa shape index (κ1) is 22.9. The maximum absolute atomic E-state index is 13.9. The summed E-state index contributed by atoms with van der Waals surface area (Å²) < 4.78 is 57.0. The highest BCUT2D eigenvalue weighted by Crippen LogP contribution is 2.35. The van der Waals surface area contributed by atoms with Gasteiger partial charge in [0.25, 0.3) is 15.9 Å². The van der Waals surface area contributed by atoms with Gasteiger partial charge in [-0.1, -0.05) is 12.1 Å². The summed E-state index contributed by atoms with van der Waals surface area (Å²) in [7, 11) is -3.77. The molecule has 12 heteroatoms. The Labute approximate surface area is 207 Å². The predicted molar refractivity (Wildman–Crippen MR) is 135 cm³/mol. The molecular formula is C24H25F2N7O2S. The zero-order valence-electron chi connectivity index (χ0n) is 19.7. The zero-order valence-corrected chi connectivity index (χ0v) is 20.5. The number of fused-ring (bicyclic) bond motifs is 2. The molecule has 2 aromatic carbocycles. The van der Waals surface area contributed by atoms with E-state index in [1.807, 2.05) is 24.0 Å². The molecule has 1 aromatic heterocycles. The largest absolute Gasteiger partial charge is 0.365 e. The van der Waals surface area contributed by atoms with Gasteiger partial charge in [-0.25, -0.2) is 18.7 Å². The molecule has 4 heterocycles. The van der Waals surface area contributed by atoms with Gasteiger partial charge in [0.15, 0.2) is 0 Å². The minimum atomic E-state index is -3.77. The SMILES string of the molecule is Cc1cc(N2CCC(F)(F)C2)cc2c(N3CCN(C4=NS(=O)(=O)c5ccccc5N4)CC3)ncnc12. The molecule has 0 atom stereocenters. The second-order valence-electron chi connectivity index (χ2n) is 9.37. The number of anilines is 3. The van der Waals surface area contributed by atoms with Gasteiger partial charge >= 0.3 is 0 Å². The summed E-state index contributed by atoms with van der Waals surface area (Å²) in [6.07, 6.45) is 1.37. The molecule has 0 radical (unpaired) electrons. The highest BCUT2D eigenvalue weighted by Gasteiger charge is 2.38. The number of rotatable bonds is 2. The van der Waals surface area contributed by atoms with Gasteiger partial charge in [-0.2, -0.15) is 8.42 Å². The van der Waals surface area contributed by atoms with E-state index in [4.69, 9.17) is 0 Å². The van der Waals surface area contributed by atoms with Gasteiger partial charge in [0.05, 0.1) is 17.7 Å². The van der Waals surface area contributed by atoms with Crippen molar-refractivity contribution in [2.75, 3.05) is 54.4 Å². The summed E-state index contributed by atoms with van der Waals surface area (Å²) in [5, 5.41) is 3.97. The molecule has 36 heavy (non-hydrogen) atoms. The average molecular weight is 514 g/mol. The Balaban J connectivity index is 1.25. The minimum absolute atomic E-state index is 0.150. The number of sulfonamides is 1. The molecule has 0 saturated carbocycles. The maximum atomic E-state index is 13.9. The third kappa shape index (κ3) is 3.98. The van der Waals surface area contributed by atoms with E-state index in [1.165, 1.54) is 12.4 Å². The lowest BCUT2D eigenvalue weighted by atomic mass is 10.1. The molecule has 188 valence electrons. The van der Waals surface area contributed by atoms with Crippen LogP contribution >= 0.6 is 0 Å². The molecule has 0 spiro atoms. The minimum Gasteiger partial charge on any atom is -0.365 e. The highest BCUT2D eigenvalue weighted by atomic mass is 32.2. The number of hydrogen-bond acceptors (Lipinski definition) is 8. The number of benzene rings is 2. The molecular weight excluding hydrogens is 488 g/mol. The number of aryl methyl sites for hydroxylation is 1. The van der Waals surface area contributed by atoms with Crippen LogP contribution in [0.3, 0.4) is 0 Å². The lowest BCUT2D eigenvalue weighted by Crippen LogP contribution is -2.51. The number of nitrogens with one attached hydrogen (secondary N) is 1. The topological polar surface area (TPSA) is 94.0 Å². The number of guanidine groups is 1. The summed E-state index contributed by atoms with van der Waals surface area (Å²) >= 11 is 0. The lowest BCUT2D eigenvalue weighted by Gasteiger charge is -2.38. The summed E-state index contributed by atoms with van der Waals surface area (Å²) in [5.74, 6) is -1.62. The lowest BCUT2D eigenvalue weighted by molar-refractivity contribution is 0.0257. The third-order valence-electron chi connectivity index (χ3n) is 6.92. The molecule has 0 bridgehead atoms. The standard InChI is InChI=1S/C24H25F2N7O2S/c1-16-12-17(33-7-6-24(25,26)14-33)13-18-21(16)27-15-28-22(18)31-8-10-32(11-9-31)23-29-19-4-2-3-5-20(19)36(34,35)30-23/h2-5,12-13,15H,6-11,14H2,1H3,(H,29,30). The van der Waals surface area contributed by atoms with Crippen LogP contribution in [-0.4, -0.2) is 74.4 Å². The van der Waals surface area contributed by atoms with E-state index in [1.54, 1.807) is 23.1 Å². The molecule has 2 saturated heterocycles. The number of para-hydroxylation sites is 1. The Morgan fingerprint density at radius 3 is 2.47 bits per heavy atom. The Bertz CT molecular complexity index is 1490. The zero-order chi connectivity index (χ0) is 25.1. The number of nitrogens with zero attached hydrogens (tertiary/aromatic N) is 6. The molecule has 2 fully saturated rings. The third-order valence-corrected chi connectivity index (χ3v) is 8.25. The van der Waals surface area contributed by atoms with Crippen molar-refractivity contribution in [2.45, 2.75) is 24.2 Å². The maximum Gasteiger partial charge on any atom is 0.287 e. The fourth-order valence-corrected chi connectivity index (χ4v) is 6.21. The Morgan fingerprint density at radius 2 is 1.72 bits per heavy atom. The molecule has 3 aliphatic heterocycles. The van der Waals surface area contributed by atoms with Crippen LogP contribution in [0.1, 0.15) is 12.0 Å². The quantitative estimate of drug-likeness (QED) is 0.559. The van der Waals surface area contributed by atoms with Crippen LogP contribution in [0.25, 0.3) is 10.9 Å². The van der Waals surface area contributed by atoms with E-state index in [0.29, 0.717) is 44.4 Å². The van der Waals surface area contributed by atoms with Crippen molar-refractivity contribution in [2.24, 2.45) is 4.40 Å². The van der Waals surface area contributed by atoms with Gasteiger partial charge in [-0.3, -0.25) is 0 Å². The molecule has 9 nitrogen and oxygen atoms in total. The van der Waals surface area contributed by atoms with Gasteiger partial charge in [0, 0.05) is 50.2 Å². The van der Waals surface area contributed by atoms with Gasteiger partial charge in [0.2, 0.25) is 5.96 Å². The van der Waals surface area contributed by atoms with Crippen LogP contribution in [0.5, 0.6) is 0 Å². The van der Waals surface area contributed by atoms with Gasteiger partial charge in [-0.15, -0.1) is 4.40 Å². The average Bonchev–Trinajstić information content (AvgIpc) is 3.23. The molecule has 0 unspecified atom stereocenters. The molecule has 1 N–H and O–H groups in total. The van der Waals surface area contributed by atoms with Crippen molar-refractivity contribution < 1.29 is 17.2 Å². The van der Waals surface area contributed by atoms with E-state index in [-0.39, 0.29) is 17.9 Å². The summed E-state index contributed by atoms with van der Waals surface area (Å²) in [4.78, 5) is 14.9. The first-order chi connectivity index (χ1) is 17.2. The normalized spacial score (nSPS) is 20.8. The van der Waals surface area contributed by atoms with Crippen molar-refractivity contribution in [1.29, 1.82) is 0 Å². The van der Waals surface area contributed by atoms with E-state index in [9.17, 15) is 17.2 Å². The summed E-state index contributed by atoms with van der Waals surface area (Å²) in [5.41, 5.74) is 2.96. The van der Waals surface area contributed by atoms with Crippen molar-refractivity contribution in [3.05, 3.63) is 48.3 Å². The van der Waals surface area contributed by atoms with Crippen molar-refractivity contribution in [1.82, 2.24) is 14.9 Å². The molecule has 3 aliphatic rings. The Morgan fingerprint density at radius 1 is 0.972 bits per heavy atom. The van der Waals surface area contributed by atoms with Crippen LogP contribution in [0.2, 0.25) is 0 Å². The number of alkyl halides is 2. The number of hydrogen-bond donors (Lipinski definition) is 1. The van der Waals surface area contributed by atoms with Crippen LogP contribution in [0.15, 0.2) is 52.0 Å². The summed E-state index contributed by atoms with van der Waals surface area (Å²) in [6, 6.07) is 10.5. The van der Waals surface area contributed by atoms with Crippen molar-refractivity contribution in [3.8, 4) is 0 Å². The fourth-order valence-electron chi connectivity index (χ4n) is 5.07. The van der Waals surface area contributed by atoms with Gasteiger partial charge in [0.1, 0.15) is 17.0 Å². The van der Waals surface area contributed by atoms with E-state index in [0.717, 1.165) is 28.0 Å². The second kappa shape index (κ2) is 8.26. The van der Waals surface area contributed by atoms with Crippen LogP contribution in [0, 0.1) is 6.92 Å². The monoisotopic (exact) mass is 513 g/mol. The smallest absolute Gasteiger partial charge is 0.287 e. The van der Waals surface area contributed by atoms with Crippen LogP contribution in [0.4, 0.5) is 26.0 Å². The van der Waals surface area contributed by atoms with E-state index in [2.05, 4.69) is 24.6 Å². The molecule has 0 aliphatic carbocycles. The predicted octanol–water partition coefficient (Wildman–Crippen LogP) is 3.08. The van der Waals surface area contributed by atoms with Crippen LogP contribution < -0.4 is 15.1 Å². The Hall–Kier alpha value is -3.54. The first-order valence-electron chi connectivity index (χ1n) is 11.8. The fraction of sp³-hybridized carbons (Fsp3) is 0.375. The van der Waals surface area contributed by atoms with Crippen molar-refractivity contribution >= 4 is 44.1 Å². The number of aromatic nitrogens is 2. The highest BCUT2D eigenvalue weighted by molar-refractivity contribution is 7.90. The number of halogens is 2. The molecule has 6 rings (SSSR count). The molecule has 3 aromatic rings. The second-order valence-corrected chi connectivity index (χ2v) is 10.9. The molecule has 0 amide bonds. The number of piperazine rings is 1. The first-order valence-corrected chi connectivity index (χ1v) is 13.2. The Kier molecular flexibility index (Phi) is 5.25.